The normalized spacial score (nSPS) is 17.5. The van der Waals surface area contributed by atoms with Gasteiger partial charge in [0, 0.05) is 0 Å². The number of methoxy groups -OCH3 is 1. The smallest absolute Gasteiger partial charge is 0.268 e. The van der Waals surface area contributed by atoms with E-state index in [9.17, 15) is 4.79 Å². The average molecular weight is 432 g/mol. The van der Waals surface area contributed by atoms with E-state index < -0.39 is 0 Å². The standard InChI is InChI=1S/C23H21N5O2S/c1-30-17-11-9-16(10-12-17)19-14-18(15-6-3-2-4-7-15)24-23-26-22(27-28(19)23)25-21(29)20-8-5-13-31-20/h2-13,18-19H,14H2,1H3,(H2,24,25,26,27,29)/t18-,19+/m1/s1. The van der Waals surface area contributed by atoms with Crippen molar-refractivity contribution in [3.8, 4) is 5.75 Å². The molecule has 0 spiro atoms. The van der Waals surface area contributed by atoms with E-state index in [0.717, 1.165) is 17.7 Å². The van der Waals surface area contributed by atoms with Crippen LogP contribution in [0.1, 0.15) is 39.3 Å². The van der Waals surface area contributed by atoms with Crippen LogP contribution in [-0.2, 0) is 0 Å². The Morgan fingerprint density at radius 3 is 2.61 bits per heavy atom. The molecule has 0 radical (unpaired) electrons. The Balaban J connectivity index is 1.49. The zero-order chi connectivity index (χ0) is 21.2. The van der Waals surface area contributed by atoms with Crippen LogP contribution in [-0.4, -0.2) is 27.8 Å². The van der Waals surface area contributed by atoms with Crippen molar-refractivity contribution in [2.45, 2.75) is 18.5 Å². The molecule has 156 valence electrons. The molecular weight excluding hydrogens is 410 g/mol. The molecule has 0 aliphatic carbocycles. The fourth-order valence-corrected chi connectivity index (χ4v) is 4.43. The summed E-state index contributed by atoms with van der Waals surface area (Å²) in [6.07, 6.45) is 0.797. The largest absolute Gasteiger partial charge is 0.497 e. The number of fused-ring (bicyclic) bond motifs is 1. The second-order valence-electron chi connectivity index (χ2n) is 7.27. The number of aromatic nitrogens is 3. The lowest BCUT2D eigenvalue weighted by Crippen LogP contribution is -2.28. The first kappa shape index (κ1) is 19.3. The van der Waals surface area contributed by atoms with Gasteiger partial charge in [0.2, 0.25) is 5.95 Å². The van der Waals surface area contributed by atoms with Gasteiger partial charge in [0.25, 0.3) is 11.9 Å². The van der Waals surface area contributed by atoms with Gasteiger partial charge in [0.15, 0.2) is 0 Å². The van der Waals surface area contributed by atoms with Crippen LogP contribution in [0.15, 0.2) is 72.1 Å². The summed E-state index contributed by atoms with van der Waals surface area (Å²) < 4.78 is 7.16. The Kier molecular flexibility index (Phi) is 5.13. The van der Waals surface area contributed by atoms with Gasteiger partial charge in [-0.1, -0.05) is 48.5 Å². The fraction of sp³-hybridized carbons (Fsp3) is 0.174. The van der Waals surface area contributed by atoms with Crippen molar-refractivity contribution in [3.63, 3.8) is 0 Å². The number of ether oxygens (including phenoxy) is 1. The molecule has 2 aromatic heterocycles. The van der Waals surface area contributed by atoms with E-state index in [1.165, 1.54) is 16.9 Å². The summed E-state index contributed by atoms with van der Waals surface area (Å²) in [5, 5.41) is 12.8. The molecular formula is C23H21N5O2S. The lowest BCUT2D eigenvalue weighted by molar-refractivity contribution is 0.102. The first-order valence-electron chi connectivity index (χ1n) is 9.98. The zero-order valence-electron chi connectivity index (χ0n) is 16.9. The van der Waals surface area contributed by atoms with Crippen molar-refractivity contribution in [1.82, 2.24) is 14.8 Å². The van der Waals surface area contributed by atoms with Crippen molar-refractivity contribution in [2.24, 2.45) is 0 Å². The molecule has 31 heavy (non-hydrogen) atoms. The number of carbonyl (C=O) groups excluding carboxylic acids is 1. The average Bonchev–Trinajstić information content (AvgIpc) is 3.49. The van der Waals surface area contributed by atoms with E-state index in [1.54, 1.807) is 13.2 Å². The molecule has 8 heteroatoms. The summed E-state index contributed by atoms with van der Waals surface area (Å²) in [6.45, 7) is 0. The monoisotopic (exact) mass is 431 g/mol. The highest BCUT2D eigenvalue weighted by Gasteiger charge is 2.31. The molecule has 0 saturated carbocycles. The highest BCUT2D eigenvalue weighted by atomic mass is 32.1. The van der Waals surface area contributed by atoms with Crippen LogP contribution in [0, 0.1) is 0 Å². The quantitative estimate of drug-likeness (QED) is 0.477. The summed E-state index contributed by atoms with van der Waals surface area (Å²) in [7, 11) is 1.66. The van der Waals surface area contributed by atoms with Crippen molar-refractivity contribution in [2.75, 3.05) is 17.7 Å². The highest BCUT2D eigenvalue weighted by Crippen LogP contribution is 2.38. The molecule has 2 aromatic carbocycles. The first-order valence-corrected chi connectivity index (χ1v) is 10.9. The maximum atomic E-state index is 12.5. The molecule has 1 aliphatic rings. The summed E-state index contributed by atoms with van der Waals surface area (Å²) in [5.74, 6) is 1.51. The van der Waals surface area contributed by atoms with Crippen molar-refractivity contribution >= 4 is 29.1 Å². The molecule has 4 aromatic rings. The fourth-order valence-electron chi connectivity index (χ4n) is 3.81. The lowest BCUT2D eigenvalue weighted by Gasteiger charge is -2.31. The van der Waals surface area contributed by atoms with Gasteiger partial charge in [0.1, 0.15) is 5.75 Å². The van der Waals surface area contributed by atoms with Crippen LogP contribution in [0.25, 0.3) is 0 Å². The minimum Gasteiger partial charge on any atom is -0.497 e. The molecule has 2 atom stereocenters. The topological polar surface area (TPSA) is 81.1 Å². The molecule has 5 rings (SSSR count). The van der Waals surface area contributed by atoms with Gasteiger partial charge < -0.3 is 10.1 Å². The van der Waals surface area contributed by atoms with Crippen LogP contribution in [0.3, 0.4) is 0 Å². The van der Waals surface area contributed by atoms with Gasteiger partial charge in [-0.05, 0) is 41.1 Å². The van der Waals surface area contributed by atoms with E-state index in [1.807, 2.05) is 58.6 Å². The number of benzene rings is 2. The summed E-state index contributed by atoms with van der Waals surface area (Å²) in [5.41, 5.74) is 2.28. The van der Waals surface area contributed by atoms with Crippen LogP contribution in [0.4, 0.5) is 11.9 Å². The van der Waals surface area contributed by atoms with Crippen molar-refractivity contribution < 1.29 is 9.53 Å². The Hall–Kier alpha value is -3.65. The van der Waals surface area contributed by atoms with E-state index in [-0.39, 0.29) is 23.9 Å². The minimum atomic E-state index is -0.210. The number of rotatable bonds is 5. The molecule has 2 N–H and O–H groups in total. The Bertz CT molecular complexity index is 1170. The molecule has 0 saturated heterocycles. The van der Waals surface area contributed by atoms with Crippen molar-refractivity contribution in [3.05, 3.63) is 88.1 Å². The molecule has 1 amide bonds. The molecule has 0 bridgehead atoms. The van der Waals surface area contributed by atoms with Gasteiger partial charge in [-0.3, -0.25) is 10.1 Å². The second kappa shape index (κ2) is 8.23. The molecule has 3 heterocycles. The Morgan fingerprint density at radius 1 is 1.10 bits per heavy atom. The molecule has 7 nitrogen and oxygen atoms in total. The third kappa shape index (κ3) is 3.89. The number of amides is 1. The predicted octanol–water partition coefficient (Wildman–Crippen LogP) is 4.75. The number of nitrogens with one attached hydrogen (secondary N) is 2. The van der Waals surface area contributed by atoms with Crippen LogP contribution < -0.4 is 15.4 Å². The van der Waals surface area contributed by atoms with Gasteiger partial charge >= 0.3 is 0 Å². The Morgan fingerprint density at radius 2 is 1.90 bits per heavy atom. The second-order valence-corrected chi connectivity index (χ2v) is 8.21. The van der Waals surface area contributed by atoms with Gasteiger partial charge in [-0.15, -0.1) is 16.4 Å². The number of hydrogen-bond acceptors (Lipinski definition) is 6. The molecule has 0 unspecified atom stereocenters. The van der Waals surface area contributed by atoms with Crippen LogP contribution in [0.5, 0.6) is 5.75 Å². The van der Waals surface area contributed by atoms with E-state index in [4.69, 9.17) is 4.74 Å². The zero-order valence-corrected chi connectivity index (χ0v) is 17.7. The Labute approximate surface area is 183 Å². The van der Waals surface area contributed by atoms with Gasteiger partial charge in [-0.2, -0.15) is 4.98 Å². The lowest BCUT2D eigenvalue weighted by atomic mass is 9.93. The van der Waals surface area contributed by atoms with Gasteiger partial charge in [-0.25, -0.2) is 4.68 Å². The number of anilines is 2. The van der Waals surface area contributed by atoms with Crippen LogP contribution >= 0.6 is 11.3 Å². The van der Waals surface area contributed by atoms with Gasteiger partial charge in [0.05, 0.1) is 24.1 Å². The van der Waals surface area contributed by atoms with E-state index >= 15 is 0 Å². The summed E-state index contributed by atoms with van der Waals surface area (Å²) in [6, 6.07) is 21.9. The first-order chi connectivity index (χ1) is 15.2. The minimum absolute atomic E-state index is 0.0350. The number of carbonyl (C=O) groups is 1. The molecule has 1 aliphatic heterocycles. The number of nitrogens with zero attached hydrogens (tertiary/aromatic N) is 3. The van der Waals surface area contributed by atoms with Crippen molar-refractivity contribution in [1.29, 1.82) is 0 Å². The van der Waals surface area contributed by atoms with E-state index in [0.29, 0.717) is 10.8 Å². The van der Waals surface area contributed by atoms with E-state index in [2.05, 4.69) is 32.8 Å². The summed E-state index contributed by atoms with van der Waals surface area (Å²) >= 11 is 1.38. The third-order valence-corrected chi connectivity index (χ3v) is 6.23. The maximum Gasteiger partial charge on any atom is 0.268 e. The maximum absolute atomic E-state index is 12.5. The SMILES string of the molecule is COc1ccc([C@@H]2C[C@H](c3ccccc3)Nc3nc(NC(=O)c4cccs4)nn32)cc1. The number of thiophene rings is 1. The third-order valence-electron chi connectivity index (χ3n) is 5.36. The highest BCUT2D eigenvalue weighted by molar-refractivity contribution is 7.12. The number of hydrogen-bond donors (Lipinski definition) is 2. The summed E-state index contributed by atoms with van der Waals surface area (Å²) in [4.78, 5) is 17.7. The predicted molar refractivity (Wildman–Crippen MR) is 121 cm³/mol. The molecule has 0 fully saturated rings. The van der Waals surface area contributed by atoms with Crippen LogP contribution in [0.2, 0.25) is 0 Å².